The van der Waals surface area contributed by atoms with Gasteiger partial charge in [0.05, 0.1) is 36.2 Å². The van der Waals surface area contributed by atoms with Crippen LogP contribution >= 0.6 is 0 Å². The second-order valence-electron chi connectivity index (χ2n) is 9.95. The lowest BCUT2D eigenvalue weighted by molar-refractivity contribution is -0.274. The first kappa shape index (κ1) is 27.7. The number of anilines is 1. The van der Waals surface area contributed by atoms with E-state index in [4.69, 9.17) is 4.74 Å². The molecule has 1 saturated carbocycles. The van der Waals surface area contributed by atoms with E-state index in [1.165, 1.54) is 24.4 Å². The van der Waals surface area contributed by atoms with Crippen molar-refractivity contribution in [2.75, 3.05) is 31.6 Å². The van der Waals surface area contributed by atoms with Gasteiger partial charge in [0.25, 0.3) is 5.56 Å². The van der Waals surface area contributed by atoms with Crippen molar-refractivity contribution in [2.24, 2.45) is 0 Å². The standard InChI is InChI=1S/C28H22F5N5O4/c29-17-11-16(13-34-14-17)19-2-3-20-24(23(19)30)35-15-38(25(20)39)18-1-4-22(42-28(31,32)33)21(12-18)36-26(40)27(5-6-27)37-7-9-41-10-8-37/h1-4,11-15H,5-10H2,(H,36,40). The zero-order valence-electron chi connectivity index (χ0n) is 21.8. The molecule has 0 unspecified atom stereocenters. The number of carbonyl (C=O) groups is 1. The summed E-state index contributed by atoms with van der Waals surface area (Å²) in [5.41, 5.74) is -2.01. The number of pyridine rings is 1. The van der Waals surface area contributed by atoms with Gasteiger partial charge in [0, 0.05) is 30.4 Å². The Hall–Kier alpha value is -4.43. The molecule has 4 aromatic rings. The van der Waals surface area contributed by atoms with Gasteiger partial charge in [-0.25, -0.2) is 13.8 Å². The van der Waals surface area contributed by atoms with Crippen LogP contribution in [0.25, 0.3) is 27.7 Å². The normalized spacial score (nSPS) is 16.8. The van der Waals surface area contributed by atoms with Crippen LogP contribution in [0.2, 0.25) is 0 Å². The molecule has 6 rings (SSSR count). The molecule has 42 heavy (non-hydrogen) atoms. The van der Waals surface area contributed by atoms with E-state index in [1.807, 2.05) is 4.90 Å². The van der Waals surface area contributed by atoms with Crippen molar-refractivity contribution < 1.29 is 36.2 Å². The fourth-order valence-electron chi connectivity index (χ4n) is 5.14. The Kier molecular flexibility index (Phi) is 6.89. The molecule has 1 amide bonds. The molecule has 1 aliphatic carbocycles. The zero-order valence-corrected chi connectivity index (χ0v) is 21.8. The number of alkyl halides is 3. The Balaban J connectivity index is 1.37. The summed E-state index contributed by atoms with van der Waals surface area (Å²) in [5.74, 6) is -2.71. The number of hydrogen-bond donors (Lipinski definition) is 1. The Morgan fingerprint density at radius 3 is 2.50 bits per heavy atom. The lowest BCUT2D eigenvalue weighted by atomic mass is 10.0. The van der Waals surface area contributed by atoms with E-state index >= 15 is 4.39 Å². The second-order valence-corrected chi connectivity index (χ2v) is 9.95. The Morgan fingerprint density at radius 1 is 1.05 bits per heavy atom. The number of benzene rings is 2. The van der Waals surface area contributed by atoms with Crippen LogP contribution in [0.5, 0.6) is 5.75 Å². The maximum Gasteiger partial charge on any atom is 0.573 e. The zero-order chi connectivity index (χ0) is 29.6. The Labute approximate surface area is 234 Å². The Morgan fingerprint density at radius 2 is 1.81 bits per heavy atom. The summed E-state index contributed by atoms with van der Waals surface area (Å²) in [6.45, 7) is 1.88. The maximum absolute atomic E-state index is 15.3. The van der Waals surface area contributed by atoms with E-state index in [0.717, 1.165) is 35.3 Å². The van der Waals surface area contributed by atoms with Crippen molar-refractivity contribution >= 4 is 22.5 Å². The molecule has 1 N–H and O–H groups in total. The highest BCUT2D eigenvalue weighted by atomic mass is 19.4. The minimum atomic E-state index is -5.05. The fourth-order valence-corrected chi connectivity index (χ4v) is 5.14. The third-order valence-corrected chi connectivity index (χ3v) is 7.36. The number of carbonyl (C=O) groups excluding carboxylic acids is 1. The molecule has 0 radical (unpaired) electrons. The van der Waals surface area contributed by atoms with Crippen molar-refractivity contribution in [3.05, 3.63) is 77.1 Å². The summed E-state index contributed by atoms with van der Waals surface area (Å²) in [6, 6.07) is 7.01. The predicted octanol–water partition coefficient (Wildman–Crippen LogP) is 4.43. The van der Waals surface area contributed by atoms with Gasteiger partial charge in [-0.2, -0.15) is 0 Å². The predicted molar refractivity (Wildman–Crippen MR) is 140 cm³/mol. The lowest BCUT2D eigenvalue weighted by Crippen LogP contribution is -2.51. The van der Waals surface area contributed by atoms with Gasteiger partial charge >= 0.3 is 6.36 Å². The molecule has 0 spiro atoms. The molecule has 0 atom stereocenters. The number of ether oxygens (including phenoxy) is 2. The van der Waals surface area contributed by atoms with E-state index in [-0.39, 0.29) is 33.4 Å². The quantitative estimate of drug-likeness (QED) is 0.334. The molecule has 2 aliphatic rings. The average molecular weight is 588 g/mol. The number of morpholine rings is 1. The van der Waals surface area contributed by atoms with Crippen LogP contribution in [0, 0.1) is 11.6 Å². The third kappa shape index (κ3) is 5.18. The average Bonchev–Trinajstić information content (AvgIpc) is 3.77. The molecule has 14 heteroatoms. The van der Waals surface area contributed by atoms with E-state index in [1.54, 1.807) is 0 Å². The molecule has 2 aromatic heterocycles. The number of hydrogen-bond acceptors (Lipinski definition) is 7. The van der Waals surface area contributed by atoms with Gasteiger partial charge in [-0.05, 0) is 43.2 Å². The highest BCUT2D eigenvalue weighted by molar-refractivity contribution is 6.01. The van der Waals surface area contributed by atoms with Crippen LogP contribution in [0.3, 0.4) is 0 Å². The van der Waals surface area contributed by atoms with E-state index < -0.39 is 40.8 Å². The molecule has 218 valence electrons. The monoisotopic (exact) mass is 587 g/mol. The van der Waals surface area contributed by atoms with Crippen molar-refractivity contribution in [1.82, 2.24) is 19.4 Å². The molecule has 2 fully saturated rings. The van der Waals surface area contributed by atoms with Crippen LogP contribution in [0.1, 0.15) is 12.8 Å². The van der Waals surface area contributed by atoms with Crippen LogP contribution in [-0.2, 0) is 9.53 Å². The van der Waals surface area contributed by atoms with Crippen LogP contribution < -0.4 is 15.6 Å². The molecule has 3 heterocycles. The fraction of sp³-hybridized carbons (Fsp3) is 0.286. The summed E-state index contributed by atoms with van der Waals surface area (Å²) in [6.07, 6.45) is -0.741. The number of fused-ring (bicyclic) bond motifs is 1. The highest BCUT2D eigenvalue weighted by Gasteiger charge is 2.54. The maximum atomic E-state index is 15.3. The van der Waals surface area contributed by atoms with Gasteiger partial charge in [-0.15, -0.1) is 13.2 Å². The Bertz CT molecular complexity index is 1750. The van der Waals surface area contributed by atoms with Crippen molar-refractivity contribution in [3.63, 3.8) is 0 Å². The second kappa shape index (κ2) is 10.4. The first-order valence-corrected chi connectivity index (χ1v) is 12.9. The van der Waals surface area contributed by atoms with Gasteiger partial charge in [0.15, 0.2) is 11.6 Å². The van der Waals surface area contributed by atoms with Crippen LogP contribution in [0.15, 0.2) is 59.9 Å². The third-order valence-electron chi connectivity index (χ3n) is 7.36. The summed E-state index contributed by atoms with van der Waals surface area (Å²) in [5, 5.41) is 2.43. The SMILES string of the molecule is O=C(Nc1cc(-n2cnc3c(F)c(-c4cncc(F)c4)ccc3c2=O)ccc1OC(F)(F)F)C1(N2CCOCC2)CC1. The molecule has 1 aliphatic heterocycles. The van der Waals surface area contributed by atoms with Crippen molar-refractivity contribution in [1.29, 1.82) is 0 Å². The smallest absolute Gasteiger partial charge is 0.404 e. The number of halogens is 5. The van der Waals surface area contributed by atoms with Crippen LogP contribution in [0.4, 0.5) is 27.6 Å². The summed E-state index contributed by atoms with van der Waals surface area (Å²) in [4.78, 5) is 36.4. The van der Waals surface area contributed by atoms with Gasteiger partial charge < -0.3 is 14.8 Å². The number of nitrogens with zero attached hydrogens (tertiary/aromatic N) is 4. The molecular formula is C28H22F5N5O4. The number of rotatable bonds is 6. The van der Waals surface area contributed by atoms with E-state index in [0.29, 0.717) is 39.1 Å². The van der Waals surface area contributed by atoms with Gasteiger partial charge in [-0.3, -0.25) is 24.0 Å². The van der Waals surface area contributed by atoms with Crippen molar-refractivity contribution in [2.45, 2.75) is 24.7 Å². The van der Waals surface area contributed by atoms with E-state index in [2.05, 4.69) is 20.0 Å². The van der Waals surface area contributed by atoms with Crippen molar-refractivity contribution in [3.8, 4) is 22.6 Å². The summed E-state index contributed by atoms with van der Waals surface area (Å²) < 4.78 is 79.1. The van der Waals surface area contributed by atoms with E-state index in [9.17, 15) is 27.2 Å². The number of amides is 1. The van der Waals surface area contributed by atoms with Gasteiger partial charge in [0.2, 0.25) is 5.91 Å². The number of aromatic nitrogens is 3. The summed E-state index contributed by atoms with van der Waals surface area (Å²) >= 11 is 0. The van der Waals surface area contributed by atoms with Gasteiger partial charge in [0.1, 0.15) is 23.2 Å². The first-order valence-electron chi connectivity index (χ1n) is 12.9. The van der Waals surface area contributed by atoms with Crippen LogP contribution in [-0.4, -0.2) is 63.5 Å². The molecule has 2 aromatic carbocycles. The van der Waals surface area contributed by atoms with Gasteiger partial charge in [-0.1, -0.05) is 6.07 Å². The molecular weight excluding hydrogens is 565 g/mol. The first-order chi connectivity index (χ1) is 20.1. The highest BCUT2D eigenvalue weighted by Crippen LogP contribution is 2.44. The topological polar surface area (TPSA) is 98.6 Å². The molecule has 9 nitrogen and oxygen atoms in total. The molecule has 1 saturated heterocycles. The minimum absolute atomic E-state index is 0.0212. The summed E-state index contributed by atoms with van der Waals surface area (Å²) in [7, 11) is 0. The number of nitrogens with one attached hydrogen (secondary N) is 1. The lowest BCUT2D eigenvalue weighted by Gasteiger charge is -2.34. The molecule has 0 bridgehead atoms. The largest absolute Gasteiger partial charge is 0.573 e. The minimum Gasteiger partial charge on any atom is -0.404 e.